The van der Waals surface area contributed by atoms with E-state index in [0.29, 0.717) is 0 Å². The first-order chi connectivity index (χ1) is 7.75. The van der Waals surface area contributed by atoms with Crippen molar-refractivity contribution in [2.24, 2.45) is 0 Å². The van der Waals surface area contributed by atoms with E-state index in [2.05, 4.69) is 73.6 Å². The first-order valence-corrected chi connectivity index (χ1v) is 7.25. The number of quaternary nitrogens is 1. The van der Waals surface area contributed by atoms with E-state index in [1.165, 1.54) is 21.2 Å². The van der Waals surface area contributed by atoms with Crippen molar-refractivity contribution in [3.63, 3.8) is 0 Å². The molecule has 0 amide bonds. The van der Waals surface area contributed by atoms with E-state index in [1.807, 2.05) is 11.8 Å². The van der Waals surface area contributed by atoms with Crippen LogP contribution in [-0.4, -0.2) is 0 Å². The predicted octanol–water partition coefficient (Wildman–Crippen LogP) is 1.21. The average molecular weight is 438 g/mol. The molecular formula is C12H8Br3NS. The molecule has 0 unspecified atom stereocenters. The van der Waals surface area contributed by atoms with Gasteiger partial charge in [-0.05, 0) is 50.1 Å². The summed E-state index contributed by atoms with van der Waals surface area (Å²) in [6.07, 6.45) is 0. The molecule has 2 aromatic rings. The maximum absolute atomic E-state index is 3.63. The van der Waals surface area contributed by atoms with Crippen LogP contribution in [0.5, 0.6) is 0 Å². The molecular weight excluding hydrogens is 430 g/mol. The van der Waals surface area contributed by atoms with Crippen molar-refractivity contribution in [2.75, 3.05) is 0 Å². The van der Waals surface area contributed by atoms with Crippen molar-refractivity contribution in [3.8, 4) is 0 Å². The van der Waals surface area contributed by atoms with Gasteiger partial charge in [-0.15, -0.1) is 0 Å². The number of hydrogen-bond donors (Lipinski definition) is 1. The molecule has 0 aromatic heterocycles. The number of rotatable bonds is 0. The summed E-state index contributed by atoms with van der Waals surface area (Å²) >= 11 is 8.99. The zero-order chi connectivity index (χ0) is 11.1. The number of nitrogens with two attached hydrogens (primary N) is 1. The van der Waals surface area contributed by atoms with Crippen LogP contribution in [0.2, 0.25) is 0 Å². The van der Waals surface area contributed by atoms with E-state index in [1.54, 1.807) is 0 Å². The van der Waals surface area contributed by atoms with Crippen LogP contribution < -0.4 is 22.3 Å². The Kier molecular flexibility index (Phi) is 4.36. The van der Waals surface area contributed by atoms with E-state index in [4.69, 9.17) is 0 Å². The van der Waals surface area contributed by atoms with Crippen molar-refractivity contribution < 1.29 is 22.3 Å². The highest BCUT2D eigenvalue weighted by Gasteiger charge is 2.23. The molecule has 2 aromatic carbocycles. The van der Waals surface area contributed by atoms with Gasteiger partial charge in [0.15, 0.2) is 5.69 Å². The number of benzene rings is 2. The van der Waals surface area contributed by atoms with Gasteiger partial charge in [0, 0.05) is 10.5 Å². The molecule has 0 saturated heterocycles. The Morgan fingerprint density at radius 1 is 0.941 bits per heavy atom. The van der Waals surface area contributed by atoms with Crippen LogP contribution in [0.3, 0.4) is 0 Å². The van der Waals surface area contributed by atoms with Crippen LogP contribution in [0.25, 0.3) is 0 Å². The summed E-state index contributed by atoms with van der Waals surface area (Å²) in [4.78, 5) is 2.62. The summed E-state index contributed by atoms with van der Waals surface area (Å²) < 4.78 is 2.23. The maximum Gasteiger partial charge on any atom is 0.164 e. The highest BCUT2D eigenvalue weighted by molar-refractivity contribution is 9.13. The lowest BCUT2D eigenvalue weighted by molar-refractivity contribution is -0.485. The van der Waals surface area contributed by atoms with Crippen molar-refractivity contribution in [2.45, 2.75) is 9.79 Å². The number of halogens is 3. The minimum absolute atomic E-state index is 0. The fraction of sp³-hybridized carbons (Fsp3) is 0. The van der Waals surface area contributed by atoms with Gasteiger partial charge >= 0.3 is 0 Å². The lowest BCUT2D eigenvalue weighted by atomic mass is 10.2. The van der Waals surface area contributed by atoms with Gasteiger partial charge < -0.3 is 17.0 Å². The minimum atomic E-state index is 0. The molecule has 88 valence electrons. The highest BCUT2D eigenvalue weighted by Crippen LogP contribution is 2.43. The summed E-state index contributed by atoms with van der Waals surface area (Å²) in [5.41, 5.74) is 2.55. The molecule has 1 heterocycles. The second kappa shape index (κ2) is 5.45. The van der Waals surface area contributed by atoms with Crippen LogP contribution in [0.15, 0.2) is 55.1 Å². The number of fused-ring (bicyclic) bond motifs is 2. The molecule has 0 saturated carbocycles. The molecule has 1 nitrogen and oxygen atoms in total. The van der Waals surface area contributed by atoms with Crippen molar-refractivity contribution in [3.05, 3.63) is 45.3 Å². The highest BCUT2D eigenvalue weighted by atomic mass is 79.9. The monoisotopic (exact) mass is 435 g/mol. The largest absolute Gasteiger partial charge is 1.00 e. The molecule has 0 spiro atoms. The van der Waals surface area contributed by atoms with E-state index in [0.717, 1.165) is 8.95 Å². The van der Waals surface area contributed by atoms with Crippen molar-refractivity contribution in [1.29, 1.82) is 0 Å². The number of para-hydroxylation sites is 1. The van der Waals surface area contributed by atoms with Gasteiger partial charge in [-0.1, -0.05) is 23.9 Å². The normalized spacial score (nSPS) is 12.4. The molecule has 3 rings (SSSR count). The van der Waals surface area contributed by atoms with Crippen LogP contribution in [0, 0.1) is 0 Å². The third-order valence-corrected chi connectivity index (χ3v) is 5.75. The second-order valence-corrected chi connectivity index (χ2v) is 6.29. The molecule has 0 fully saturated rings. The van der Waals surface area contributed by atoms with Crippen molar-refractivity contribution >= 4 is 55.0 Å². The van der Waals surface area contributed by atoms with E-state index < -0.39 is 0 Å². The van der Waals surface area contributed by atoms with Crippen LogP contribution >= 0.6 is 43.6 Å². The zero-order valence-corrected chi connectivity index (χ0v) is 14.2. The lowest BCUT2D eigenvalue weighted by Crippen LogP contribution is -3.00. The third-order valence-electron chi connectivity index (χ3n) is 2.53. The summed E-state index contributed by atoms with van der Waals surface area (Å²) in [5, 5.41) is 2.23. The summed E-state index contributed by atoms with van der Waals surface area (Å²) in [7, 11) is 0. The SMILES string of the molecule is Brc1ccc2c(c1Br)[NH2+]c1ccccc1S2.[Br-]. The quantitative estimate of drug-likeness (QED) is 0.523. The van der Waals surface area contributed by atoms with E-state index in [9.17, 15) is 0 Å². The van der Waals surface area contributed by atoms with Crippen LogP contribution in [0.1, 0.15) is 0 Å². The zero-order valence-electron chi connectivity index (χ0n) is 8.58. The summed E-state index contributed by atoms with van der Waals surface area (Å²) in [5.74, 6) is 0. The first kappa shape index (κ1) is 13.6. The van der Waals surface area contributed by atoms with Crippen LogP contribution in [0.4, 0.5) is 11.4 Å². The Morgan fingerprint density at radius 2 is 1.71 bits per heavy atom. The molecule has 0 atom stereocenters. The standard InChI is InChI=1S/C12H7Br2NS.BrH/c13-7-5-6-10-12(11(7)14)15-8-3-1-2-4-9(8)16-10;/h1-6,15H;1H. The molecule has 1 aliphatic heterocycles. The smallest absolute Gasteiger partial charge is 0.164 e. The average Bonchev–Trinajstić information content (AvgIpc) is 2.32. The molecule has 2 N–H and O–H groups in total. The maximum atomic E-state index is 3.63. The van der Waals surface area contributed by atoms with Gasteiger partial charge in [0.1, 0.15) is 5.69 Å². The summed E-state index contributed by atoms with van der Waals surface area (Å²) in [6, 6.07) is 12.7. The topological polar surface area (TPSA) is 16.6 Å². The second-order valence-electron chi connectivity index (χ2n) is 3.56. The Labute approximate surface area is 131 Å². The van der Waals surface area contributed by atoms with E-state index in [-0.39, 0.29) is 17.0 Å². The fourth-order valence-corrected chi connectivity index (χ4v) is 3.71. The van der Waals surface area contributed by atoms with E-state index >= 15 is 0 Å². The van der Waals surface area contributed by atoms with Crippen molar-refractivity contribution in [1.82, 2.24) is 0 Å². The Balaban J connectivity index is 0.00000108. The third kappa shape index (κ3) is 2.49. The fourth-order valence-electron chi connectivity index (χ4n) is 1.74. The molecule has 1 aliphatic rings. The van der Waals surface area contributed by atoms with Gasteiger partial charge in [0.25, 0.3) is 0 Å². The van der Waals surface area contributed by atoms with Crippen LogP contribution in [-0.2, 0) is 0 Å². The van der Waals surface area contributed by atoms with Gasteiger partial charge in [0.05, 0.1) is 14.3 Å². The lowest BCUT2D eigenvalue weighted by Gasteiger charge is -2.17. The predicted molar refractivity (Wildman–Crippen MR) is 73.7 cm³/mol. The number of hydrogen-bond acceptors (Lipinski definition) is 1. The Hall–Kier alpha value is 0.190. The minimum Gasteiger partial charge on any atom is -1.00 e. The first-order valence-electron chi connectivity index (χ1n) is 4.85. The van der Waals surface area contributed by atoms with Gasteiger partial charge in [-0.25, -0.2) is 0 Å². The molecule has 5 heteroatoms. The Morgan fingerprint density at radius 3 is 2.53 bits per heavy atom. The van der Waals surface area contributed by atoms with Gasteiger partial charge in [0.2, 0.25) is 0 Å². The summed E-state index contributed by atoms with van der Waals surface area (Å²) in [6.45, 7) is 0. The van der Waals surface area contributed by atoms with Gasteiger partial charge in [-0.2, -0.15) is 0 Å². The van der Waals surface area contributed by atoms with Gasteiger partial charge in [-0.3, -0.25) is 5.32 Å². The molecule has 0 aliphatic carbocycles. The molecule has 17 heavy (non-hydrogen) atoms. The Bertz CT molecular complexity index is 572. The molecule has 0 radical (unpaired) electrons. The molecule has 0 bridgehead atoms.